The van der Waals surface area contributed by atoms with Gasteiger partial charge in [-0.25, -0.2) is 22.0 Å². The maximum Gasteiger partial charge on any atom is 0.337 e. The first-order valence-corrected chi connectivity index (χ1v) is 7.48. The van der Waals surface area contributed by atoms with Crippen molar-refractivity contribution in [3.05, 3.63) is 59.7 Å². The van der Waals surface area contributed by atoms with E-state index in [0.717, 1.165) is 31.4 Å². The molecule has 2 aromatic carbocycles. The summed E-state index contributed by atoms with van der Waals surface area (Å²) in [5, 5.41) is 0. The summed E-state index contributed by atoms with van der Waals surface area (Å²) < 4.78 is 57.4. The van der Waals surface area contributed by atoms with Crippen LogP contribution in [-0.2, 0) is 14.8 Å². The van der Waals surface area contributed by atoms with E-state index in [4.69, 9.17) is 0 Å². The Morgan fingerprint density at radius 3 is 2.55 bits per heavy atom. The molecule has 116 valence electrons. The Morgan fingerprint density at radius 2 is 1.86 bits per heavy atom. The average Bonchev–Trinajstić information content (AvgIpc) is 2.50. The average molecular weight is 327 g/mol. The molecule has 2 rings (SSSR count). The fourth-order valence-corrected chi connectivity index (χ4v) is 2.79. The standard InChI is InChI=1S/C14H11F2NO4S/c1-21-14(18)9-3-2-4-11(7-9)22(19,20)17-13-8-10(15)5-6-12(13)16/h2-8,17H,1H3. The van der Waals surface area contributed by atoms with Crippen LogP contribution in [-0.4, -0.2) is 21.5 Å². The number of hydrogen-bond acceptors (Lipinski definition) is 4. The highest BCUT2D eigenvalue weighted by molar-refractivity contribution is 7.92. The van der Waals surface area contributed by atoms with Crippen LogP contribution >= 0.6 is 0 Å². The van der Waals surface area contributed by atoms with Crippen molar-refractivity contribution in [3.63, 3.8) is 0 Å². The predicted molar refractivity (Wildman–Crippen MR) is 74.9 cm³/mol. The Hall–Kier alpha value is -2.48. The SMILES string of the molecule is COC(=O)c1cccc(S(=O)(=O)Nc2cc(F)ccc2F)c1. The van der Waals surface area contributed by atoms with E-state index in [1.807, 2.05) is 4.72 Å². The molecule has 0 aliphatic heterocycles. The zero-order valence-electron chi connectivity index (χ0n) is 11.3. The monoisotopic (exact) mass is 327 g/mol. The third-order valence-electron chi connectivity index (χ3n) is 2.74. The number of hydrogen-bond donors (Lipinski definition) is 1. The molecule has 1 N–H and O–H groups in total. The Bertz CT molecular complexity index is 821. The molecular formula is C14H11F2NO4S. The van der Waals surface area contributed by atoms with Gasteiger partial charge < -0.3 is 4.74 Å². The van der Waals surface area contributed by atoms with Gasteiger partial charge in [0.15, 0.2) is 0 Å². The van der Waals surface area contributed by atoms with E-state index in [1.165, 1.54) is 18.2 Å². The van der Waals surface area contributed by atoms with Gasteiger partial charge >= 0.3 is 5.97 Å². The van der Waals surface area contributed by atoms with Crippen molar-refractivity contribution in [3.8, 4) is 0 Å². The normalized spacial score (nSPS) is 11.0. The van der Waals surface area contributed by atoms with Gasteiger partial charge in [0.2, 0.25) is 0 Å². The number of benzene rings is 2. The van der Waals surface area contributed by atoms with Crippen molar-refractivity contribution >= 4 is 21.7 Å². The molecule has 22 heavy (non-hydrogen) atoms. The zero-order valence-corrected chi connectivity index (χ0v) is 12.2. The number of anilines is 1. The molecule has 0 heterocycles. The summed E-state index contributed by atoms with van der Waals surface area (Å²) in [5.41, 5.74) is -0.506. The van der Waals surface area contributed by atoms with Gasteiger partial charge in [0.05, 0.1) is 23.3 Å². The van der Waals surface area contributed by atoms with Crippen LogP contribution in [0.4, 0.5) is 14.5 Å². The van der Waals surface area contributed by atoms with Gasteiger partial charge in [-0.05, 0) is 30.3 Å². The fourth-order valence-electron chi connectivity index (χ4n) is 1.69. The van der Waals surface area contributed by atoms with Crippen LogP contribution in [0.25, 0.3) is 0 Å². The first-order chi connectivity index (χ1) is 10.3. The number of ether oxygens (including phenoxy) is 1. The second kappa shape index (κ2) is 6.10. The van der Waals surface area contributed by atoms with Gasteiger partial charge in [0.25, 0.3) is 10.0 Å². The lowest BCUT2D eigenvalue weighted by Crippen LogP contribution is -2.15. The number of rotatable bonds is 4. The maximum atomic E-state index is 13.5. The number of halogens is 2. The van der Waals surface area contributed by atoms with Gasteiger partial charge in [0.1, 0.15) is 11.6 Å². The third kappa shape index (κ3) is 3.40. The molecule has 0 aliphatic carbocycles. The molecule has 0 amide bonds. The highest BCUT2D eigenvalue weighted by Crippen LogP contribution is 2.21. The molecule has 0 unspecified atom stereocenters. The number of carbonyl (C=O) groups is 1. The van der Waals surface area contributed by atoms with Crippen LogP contribution in [0.5, 0.6) is 0 Å². The number of esters is 1. The van der Waals surface area contributed by atoms with E-state index in [2.05, 4.69) is 4.74 Å². The minimum atomic E-state index is -4.18. The first-order valence-electron chi connectivity index (χ1n) is 6.00. The van der Waals surface area contributed by atoms with Crippen LogP contribution < -0.4 is 4.72 Å². The predicted octanol–water partition coefficient (Wildman–Crippen LogP) is 2.55. The van der Waals surface area contributed by atoms with E-state index in [1.54, 1.807) is 0 Å². The molecule has 5 nitrogen and oxygen atoms in total. The lowest BCUT2D eigenvalue weighted by molar-refractivity contribution is 0.0600. The van der Waals surface area contributed by atoms with E-state index < -0.39 is 33.3 Å². The largest absolute Gasteiger partial charge is 0.465 e. The Kier molecular flexibility index (Phi) is 4.41. The maximum absolute atomic E-state index is 13.5. The molecular weight excluding hydrogens is 316 g/mol. The summed E-state index contributed by atoms with van der Waals surface area (Å²) in [5.74, 6) is -2.43. The minimum absolute atomic E-state index is 0.0186. The number of nitrogens with one attached hydrogen (secondary N) is 1. The number of carbonyl (C=O) groups excluding carboxylic acids is 1. The third-order valence-corrected chi connectivity index (χ3v) is 4.10. The zero-order chi connectivity index (χ0) is 16.3. The van der Waals surface area contributed by atoms with Gasteiger partial charge in [-0.2, -0.15) is 0 Å². The van der Waals surface area contributed by atoms with Gasteiger partial charge in [-0.3, -0.25) is 4.72 Å². The molecule has 0 fully saturated rings. The molecule has 8 heteroatoms. The van der Waals surface area contributed by atoms with Crippen molar-refractivity contribution in [2.75, 3.05) is 11.8 Å². The highest BCUT2D eigenvalue weighted by atomic mass is 32.2. The smallest absolute Gasteiger partial charge is 0.337 e. The van der Waals surface area contributed by atoms with Crippen LogP contribution in [0.1, 0.15) is 10.4 Å². The summed E-state index contributed by atoms with van der Waals surface area (Å²) in [6, 6.07) is 7.38. The summed E-state index contributed by atoms with van der Waals surface area (Å²) in [4.78, 5) is 11.1. The lowest BCUT2D eigenvalue weighted by atomic mass is 10.2. The van der Waals surface area contributed by atoms with Crippen LogP contribution in [0.15, 0.2) is 47.4 Å². The molecule has 0 saturated carbocycles. The second-order valence-corrected chi connectivity index (χ2v) is 5.93. The topological polar surface area (TPSA) is 72.5 Å². The fraction of sp³-hybridized carbons (Fsp3) is 0.0714. The van der Waals surface area contributed by atoms with Gasteiger partial charge in [0, 0.05) is 6.07 Å². The van der Waals surface area contributed by atoms with Crippen LogP contribution in [0.2, 0.25) is 0 Å². The van der Waals surface area contributed by atoms with Crippen molar-refractivity contribution in [1.82, 2.24) is 0 Å². The minimum Gasteiger partial charge on any atom is -0.465 e. The van der Waals surface area contributed by atoms with Crippen molar-refractivity contribution in [1.29, 1.82) is 0 Å². The lowest BCUT2D eigenvalue weighted by Gasteiger charge is -2.10. The molecule has 0 bridgehead atoms. The first kappa shape index (κ1) is 15.9. The van der Waals surface area contributed by atoms with E-state index >= 15 is 0 Å². The Morgan fingerprint density at radius 1 is 1.14 bits per heavy atom. The van der Waals surface area contributed by atoms with Crippen LogP contribution in [0.3, 0.4) is 0 Å². The van der Waals surface area contributed by atoms with Crippen molar-refractivity contribution in [2.45, 2.75) is 4.90 Å². The second-order valence-electron chi connectivity index (χ2n) is 4.25. The summed E-state index contributed by atoms with van der Waals surface area (Å²) >= 11 is 0. The van der Waals surface area contributed by atoms with Crippen molar-refractivity contribution < 1.29 is 26.7 Å². The molecule has 2 aromatic rings. The molecule has 0 saturated heterocycles. The number of sulfonamides is 1. The van der Waals surface area contributed by atoms with Gasteiger partial charge in [-0.1, -0.05) is 6.07 Å². The van der Waals surface area contributed by atoms with Crippen LogP contribution in [0, 0.1) is 11.6 Å². The highest BCUT2D eigenvalue weighted by Gasteiger charge is 2.18. The molecule has 0 spiro atoms. The summed E-state index contributed by atoms with van der Waals surface area (Å²) in [6.07, 6.45) is 0. The Balaban J connectivity index is 2.38. The Labute approximate surface area is 125 Å². The quantitative estimate of drug-likeness (QED) is 0.876. The van der Waals surface area contributed by atoms with E-state index in [0.29, 0.717) is 0 Å². The van der Waals surface area contributed by atoms with E-state index in [9.17, 15) is 22.0 Å². The molecule has 0 radical (unpaired) electrons. The number of methoxy groups -OCH3 is 1. The summed E-state index contributed by atoms with van der Waals surface area (Å²) in [6.45, 7) is 0. The molecule has 0 atom stereocenters. The van der Waals surface area contributed by atoms with Crippen molar-refractivity contribution in [2.24, 2.45) is 0 Å². The van der Waals surface area contributed by atoms with E-state index in [-0.39, 0.29) is 10.5 Å². The summed E-state index contributed by atoms with van der Waals surface area (Å²) in [7, 11) is -3.02. The molecule has 0 aromatic heterocycles. The molecule has 0 aliphatic rings. The van der Waals surface area contributed by atoms with Gasteiger partial charge in [-0.15, -0.1) is 0 Å².